The van der Waals surface area contributed by atoms with Crippen LogP contribution < -0.4 is 0 Å². The van der Waals surface area contributed by atoms with Crippen molar-refractivity contribution in [3.05, 3.63) is 42.2 Å². The van der Waals surface area contributed by atoms with Crippen molar-refractivity contribution in [3.63, 3.8) is 0 Å². The largest absolute Gasteiger partial charge is 0.299 e. The van der Waals surface area contributed by atoms with Crippen LogP contribution in [0.15, 0.2) is 41.4 Å². The van der Waals surface area contributed by atoms with E-state index in [1.54, 1.807) is 18.3 Å². The van der Waals surface area contributed by atoms with Gasteiger partial charge in [-0.15, -0.1) is 11.3 Å². The zero-order valence-electron chi connectivity index (χ0n) is 12.7. The fourth-order valence-electron chi connectivity index (χ4n) is 2.08. The van der Waals surface area contributed by atoms with Crippen LogP contribution in [-0.4, -0.2) is 21.0 Å². The Morgan fingerprint density at radius 2 is 1.95 bits per heavy atom. The van der Waals surface area contributed by atoms with Gasteiger partial charge in [0.05, 0.1) is 5.25 Å². The molecule has 2 aromatic heterocycles. The van der Waals surface area contributed by atoms with Crippen LogP contribution >= 0.6 is 23.1 Å². The Morgan fingerprint density at radius 1 is 1.23 bits per heavy atom. The van der Waals surface area contributed by atoms with Crippen LogP contribution in [0.2, 0.25) is 0 Å². The van der Waals surface area contributed by atoms with Gasteiger partial charge in [-0.05, 0) is 32.4 Å². The monoisotopic (exact) mass is 328 g/mol. The first kappa shape index (κ1) is 15.2. The standard InChI is InChI=1S/C17H16N2OS2/c1-10(20)11(2)21-16-14-9-15(13-7-5-4-6-8-13)22-17(14)19-12(3)18-16/h4-9,11H,1-3H3/t11-/m1/s1. The summed E-state index contributed by atoms with van der Waals surface area (Å²) in [7, 11) is 0. The van der Waals surface area contributed by atoms with Gasteiger partial charge >= 0.3 is 0 Å². The molecular formula is C17H16N2OS2. The molecule has 0 saturated heterocycles. The number of thiophene rings is 1. The Bertz CT molecular complexity index is 827. The molecular weight excluding hydrogens is 312 g/mol. The van der Waals surface area contributed by atoms with Crippen LogP contribution in [0.4, 0.5) is 0 Å². The Labute approximate surface area is 137 Å². The third kappa shape index (κ3) is 3.05. The van der Waals surface area contributed by atoms with E-state index in [9.17, 15) is 4.79 Å². The molecule has 0 bridgehead atoms. The van der Waals surface area contributed by atoms with E-state index in [2.05, 4.69) is 28.2 Å². The van der Waals surface area contributed by atoms with E-state index in [-0.39, 0.29) is 11.0 Å². The highest BCUT2D eigenvalue weighted by molar-refractivity contribution is 8.00. The van der Waals surface area contributed by atoms with E-state index in [0.29, 0.717) is 0 Å². The molecule has 0 aliphatic carbocycles. The summed E-state index contributed by atoms with van der Waals surface area (Å²) in [5.41, 5.74) is 1.18. The maximum atomic E-state index is 11.5. The third-order valence-corrected chi connectivity index (χ3v) is 5.69. The number of aromatic nitrogens is 2. The smallest absolute Gasteiger partial charge is 0.142 e. The number of aryl methyl sites for hydroxylation is 1. The number of nitrogens with zero attached hydrogens (tertiary/aromatic N) is 2. The lowest BCUT2D eigenvalue weighted by Gasteiger charge is -2.07. The average molecular weight is 328 g/mol. The van der Waals surface area contributed by atoms with Crippen LogP contribution in [0.25, 0.3) is 20.7 Å². The van der Waals surface area contributed by atoms with Crippen LogP contribution in [-0.2, 0) is 4.79 Å². The number of thioether (sulfide) groups is 1. The van der Waals surface area contributed by atoms with Crippen LogP contribution in [0.1, 0.15) is 19.7 Å². The minimum absolute atomic E-state index is 0.0995. The molecule has 3 nitrogen and oxygen atoms in total. The van der Waals surface area contributed by atoms with Gasteiger partial charge in [-0.2, -0.15) is 0 Å². The molecule has 0 fully saturated rings. The second kappa shape index (κ2) is 6.18. The summed E-state index contributed by atoms with van der Waals surface area (Å²) in [6.45, 7) is 5.43. The van der Waals surface area contributed by atoms with Gasteiger partial charge in [0.15, 0.2) is 0 Å². The molecule has 0 unspecified atom stereocenters. The number of rotatable bonds is 4. The van der Waals surface area contributed by atoms with Gasteiger partial charge in [-0.25, -0.2) is 9.97 Å². The zero-order chi connectivity index (χ0) is 15.7. The lowest BCUT2D eigenvalue weighted by molar-refractivity contribution is -0.116. The van der Waals surface area contributed by atoms with Crippen LogP contribution in [0.3, 0.4) is 0 Å². The first-order chi connectivity index (χ1) is 10.5. The van der Waals surface area contributed by atoms with Crippen molar-refractivity contribution in [3.8, 4) is 10.4 Å². The fourth-order valence-corrected chi connectivity index (χ4v) is 4.20. The number of hydrogen-bond donors (Lipinski definition) is 0. The van der Waals surface area contributed by atoms with Crippen molar-refractivity contribution in [2.45, 2.75) is 31.0 Å². The van der Waals surface area contributed by atoms with Gasteiger partial charge in [0.25, 0.3) is 0 Å². The molecule has 3 rings (SSSR count). The minimum Gasteiger partial charge on any atom is -0.299 e. The van der Waals surface area contributed by atoms with E-state index in [0.717, 1.165) is 21.1 Å². The zero-order valence-corrected chi connectivity index (χ0v) is 14.3. The molecule has 0 amide bonds. The molecule has 0 spiro atoms. The van der Waals surface area contributed by atoms with Gasteiger partial charge in [-0.3, -0.25) is 4.79 Å². The van der Waals surface area contributed by atoms with Crippen molar-refractivity contribution in [1.82, 2.24) is 9.97 Å². The summed E-state index contributed by atoms with van der Waals surface area (Å²) in [5.74, 6) is 0.903. The highest BCUT2D eigenvalue weighted by atomic mass is 32.2. The maximum Gasteiger partial charge on any atom is 0.142 e. The SMILES string of the molecule is CC(=O)[C@@H](C)Sc1nc(C)nc2sc(-c3ccccc3)cc12. The van der Waals surface area contributed by atoms with Crippen LogP contribution in [0.5, 0.6) is 0 Å². The summed E-state index contributed by atoms with van der Waals surface area (Å²) >= 11 is 3.17. The number of carbonyl (C=O) groups excluding carboxylic acids is 1. The van der Waals surface area contributed by atoms with Crippen molar-refractivity contribution in [2.24, 2.45) is 0 Å². The van der Waals surface area contributed by atoms with Gasteiger partial charge in [0.1, 0.15) is 21.5 Å². The van der Waals surface area contributed by atoms with Gasteiger partial charge in [0.2, 0.25) is 0 Å². The van der Waals surface area contributed by atoms with Crippen molar-refractivity contribution >= 4 is 39.1 Å². The molecule has 0 saturated carbocycles. The number of ketones is 1. The molecule has 0 N–H and O–H groups in total. The average Bonchev–Trinajstić information content (AvgIpc) is 2.92. The van der Waals surface area contributed by atoms with E-state index in [1.165, 1.54) is 22.2 Å². The molecule has 3 aromatic rings. The Hall–Kier alpha value is -1.72. The van der Waals surface area contributed by atoms with Crippen molar-refractivity contribution in [2.75, 3.05) is 0 Å². The second-order valence-corrected chi connectivity index (χ2v) is 7.50. The molecule has 0 aliphatic heterocycles. The molecule has 0 radical (unpaired) electrons. The number of carbonyl (C=O) groups is 1. The Kier molecular flexibility index (Phi) is 4.27. The first-order valence-corrected chi connectivity index (χ1v) is 8.75. The molecule has 2 heterocycles. The number of fused-ring (bicyclic) bond motifs is 1. The Morgan fingerprint density at radius 3 is 2.64 bits per heavy atom. The lowest BCUT2D eigenvalue weighted by atomic mass is 10.2. The van der Waals surface area contributed by atoms with E-state index in [1.807, 2.05) is 32.0 Å². The minimum atomic E-state index is -0.0995. The highest BCUT2D eigenvalue weighted by Crippen LogP contribution is 2.37. The summed E-state index contributed by atoms with van der Waals surface area (Å²) in [6, 6.07) is 12.4. The number of hydrogen-bond acceptors (Lipinski definition) is 5. The van der Waals surface area contributed by atoms with Crippen LogP contribution in [0, 0.1) is 6.92 Å². The highest BCUT2D eigenvalue weighted by Gasteiger charge is 2.16. The summed E-state index contributed by atoms with van der Waals surface area (Å²) in [6.07, 6.45) is 0. The second-order valence-electron chi connectivity index (χ2n) is 5.14. The molecule has 5 heteroatoms. The topological polar surface area (TPSA) is 42.9 Å². The van der Waals surface area contributed by atoms with Crippen molar-refractivity contribution < 1.29 is 4.79 Å². The van der Waals surface area contributed by atoms with E-state index >= 15 is 0 Å². The predicted molar refractivity (Wildman–Crippen MR) is 93.6 cm³/mol. The third-order valence-electron chi connectivity index (χ3n) is 3.39. The molecule has 22 heavy (non-hydrogen) atoms. The summed E-state index contributed by atoms with van der Waals surface area (Å²) < 4.78 is 0. The lowest BCUT2D eigenvalue weighted by Crippen LogP contribution is -2.08. The summed E-state index contributed by atoms with van der Waals surface area (Å²) in [4.78, 5) is 22.8. The summed E-state index contributed by atoms with van der Waals surface area (Å²) in [5, 5.41) is 1.83. The number of benzene rings is 1. The maximum absolute atomic E-state index is 11.5. The normalized spacial score (nSPS) is 12.5. The first-order valence-electron chi connectivity index (χ1n) is 7.05. The van der Waals surface area contributed by atoms with Gasteiger partial charge < -0.3 is 0 Å². The molecule has 0 aliphatic rings. The molecule has 112 valence electrons. The quantitative estimate of drug-likeness (QED) is 0.512. The molecule has 1 atom stereocenters. The predicted octanol–water partition coefficient (Wildman–Crippen LogP) is 4.74. The van der Waals surface area contributed by atoms with Gasteiger partial charge in [0, 0.05) is 10.3 Å². The fraction of sp³-hybridized carbons (Fsp3) is 0.235. The number of Topliss-reactive ketones (excluding diaryl/α,β-unsaturated/α-hetero) is 1. The van der Waals surface area contributed by atoms with Gasteiger partial charge in [-0.1, -0.05) is 42.1 Å². The van der Waals surface area contributed by atoms with Crippen molar-refractivity contribution in [1.29, 1.82) is 0 Å². The Balaban J connectivity index is 2.09. The molecule has 1 aromatic carbocycles. The van der Waals surface area contributed by atoms with E-state index < -0.39 is 0 Å². The van der Waals surface area contributed by atoms with E-state index in [4.69, 9.17) is 0 Å².